The Morgan fingerprint density at radius 2 is 1.62 bits per heavy atom. The SMILES string of the molecule is Cc1ccc([C@H]2N[C@]3(CCCN(CC4CCCCC4)C3=O)[C@H]3C(=O)N(Cc4ccccc4)C(=O)[C@@H]23)cc1. The Bertz CT molecular complexity index is 1170. The molecule has 6 heteroatoms. The number of amides is 3. The highest BCUT2D eigenvalue weighted by atomic mass is 16.2. The van der Waals surface area contributed by atoms with Gasteiger partial charge < -0.3 is 4.90 Å². The summed E-state index contributed by atoms with van der Waals surface area (Å²) in [6, 6.07) is 17.5. The molecule has 194 valence electrons. The van der Waals surface area contributed by atoms with Gasteiger partial charge in [-0.25, -0.2) is 0 Å². The lowest BCUT2D eigenvalue weighted by Crippen LogP contribution is -2.64. The summed E-state index contributed by atoms with van der Waals surface area (Å²) >= 11 is 0. The zero-order valence-corrected chi connectivity index (χ0v) is 21.7. The zero-order valence-electron chi connectivity index (χ0n) is 21.7. The Labute approximate surface area is 219 Å². The minimum atomic E-state index is -1.02. The standard InChI is InChI=1S/C31H37N3O3/c1-21-13-15-24(16-14-21)27-25-26(29(36)34(28(25)35)20-23-11-6-3-7-12-23)31(32-27)17-8-18-33(30(31)37)19-22-9-4-2-5-10-22/h3,6-7,11-16,22,25-27,32H,2,4-5,8-10,17-20H2,1H3/t25-,26-,27-,31-/m1/s1. The first-order chi connectivity index (χ1) is 18.0. The third-order valence-corrected chi connectivity index (χ3v) is 9.24. The van der Waals surface area contributed by atoms with Crippen LogP contribution in [0.2, 0.25) is 0 Å². The number of nitrogens with one attached hydrogen (secondary N) is 1. The smallest absolute Gasteiger partial charge is 0.243 e. The number of fused-ring (bicyclic) bond motifs is 2. The van der Waals surface area contributed by atoms with E-state index in [1.54, 1.807) is 0 Å². The Morgan fingerprint density at radius 3 is 2.35 bits per heavy atom. The van der Waals surface area contributed by atoms with Gasteiger partial charge in [0.15, 0.2) is 0 Å². The topological polar surface area (TPSA) is 69.7 Å². The first kappa shape index (κ1) is 24.4. The van der Waals surface area contributed by atoms with E-state index in [2.05, 4.69) is 5.32 Å². The van der Waals surface area contributed by atoms with Crippen LogP contribution in [0.25, 0.3) is 0 Å². The highest BCUT2D eigenvalue weighted by molar-refractivity contribution is 6.10. The van der Waals surface area contributed by atoms with Crippen molar-refractivity contribution in [1.29, 1.82) is 0 Å². The van der Waals surface area contributed by atoms with Gasteiger partial charge in [0.05, 0.1) is 18.4 Å². The number of hydrogen-bond donors (Lipinski definition) is 1. The Morgan fingerprint density at radius 1 is 0.892 bits per heavy atom. The van der Waals surface area contributed by atoms with Crippen molar-refractivity contribution < 1.29 is 14.4 Å². The van der Waals surface area contributed by atoms with Crippen LogP contribution >= 0.6 is 0 Å². The van der Waals surface area contributed by atoms with Crippen molar-refractivity contribution in [1.82, 2.24) is 15.1 Å². The van der Waals surface area contributed by atoms with Gasteiger partial charge in [-0.3, -0.25) is 24.6 Å². The van der Waals surface area contributed by atoms with Crippen molar-refractivity contribution in [2.75, 3.05) is 13.1 Å². The molecule has 2 aromatic carbocycles. The monoisotopic (exact) mass is 499 g/mol. The van der Waals surface area contributed by atoms with Gasteiger partial charge in [-0.2, -0.15) is 0 Å². The molecule has 1 saturated carbocycles. The number of carbonyl (C=O) groups is 3. The van der Waals surface area contributed by atoms with Crippen molar-refractivity contribution >= 4 is 17.7 Å². The van der Waals surface area contributed by atoms with Crippen LogP contribution < -0.4 is 5.32 Å². The molecule has 6 nitrogen and oxygen atoms in total. The summed E-state index contributed by atoms with van der Waals surface area (Å²) in [5, 5.41) is 3.65. The average molecular weight is 500 g/mol. The summed E-state index contributed by atoms with van der Waals surface area (Å²) in [5.41, 5.74) is 2.01. The van der Waals surface area contributed by atoms with Crippen molar-refractivity contribution in [3.63, 3.8) is 0 Å². The van der Waals surface area contributed by atoms with E-state index >= 15 is 0 Å². The Balaban J connectivity index is 1.36. The minimum Gasteiger partial charge on any atom is -0.341 e. The second kappa shape index (κ2) is 9.71. The predicted molar refractivity (Wildman–Crippen MR) is 141 cm³/mol. The molecule has 3 heterocycles. The van der Waals surface area contributed by atoms with Crippen LogP contribution in [0, 0.1) is 24.7 Å². The molecule has 4 aliphatic rings. The van der Waals surface area contributed by atoms with Gasteiger partial charge in [-0.15, -0.1) is 0 Å². The van der Waals surface area contributed by atoms with Crippen molar-refractivity contribution in [3.8, 4) is 0 Å². The summed E-state index contributed by atoms with van der Waals surface area (Å²) < 4.78 is 0. The zero-order chi connectivity index (χ0) is 25.6. The van der Waals surface area contributed by atoms with E-state index in [1.165, 1.54) is 37.0 Å². The summed E-state index contributed by atoms with van der Waals surface area (Å²) in [6.45, 7) is 3.80. The predicted octanol–water partition coefficient (Wildman–Crippen LogP) is 4.38. The number of carbonyl (C=O) groups excluding carboxylic acids is 3. The number of piperidine rings is 1. The van der Waals surface area contributed by atoms with Gasteiger partial charge in [-0.1, -0.05) is 79.4 Å². The third-order valence-electron chi connectivity index (χ3n) is 9.24. The molecule has 3 saturated heterocycles. The lowest BCUT2D eigenvalue weighted by molar-refractivity contribution is -0.150. The van der Waals surface area contributed by atoms with Crippen molar-refractivity contribution in [2.45, 2.75) is 70.0 Å². The van der Waals surface area contributed by atoms with E-state index in [9.17, 15) is 14.4 Å². The lowest BCUT2D eigenvalue weighted by Gasteiger charge is -2.43. The van der Waals surface area contributed by atoms with Crippen LogP contribution in [0.1, 0.15) is 67.7 Å². The number of rotatable bonds is 5. The Hall–Kier alpha value is -2.99. The van der Waals surface area contributed by atoms with Crippen LogP contribution in [0.15, 0.2) is 54.6 Å². The molecular formula is C31H37N3O3. The maximum Gasteiger partial charge on any atom is 0.243 e. The molecule has 6 rings (SSSR count). The number of nitrogens with zero attached hydrogens (tertiary/aromatic N) is 2. The molecule has 3 aliphatic heterocycles. The molecule has 37 heavy (non-hydrogen) atoms. The van der Waals surface area contributed by atoms with Gasteiger partial charge in [0.1, 0.15) is 5.54 Å². The van der Waals surface area contributed by atoms with Gasteiger partial charge in [0, 0.05) is 19.1 Å². The maximum atomic E-state index is 14.3. The van der Waals surface area contributed by atoms with Crippen LogP contribution in [-0.2, 0) is 20.9 Å². The van der Waals surface area contributed by atoms with Gasteiger partial charge >= 0.3 is 0 Å². The molecule has 0 bridgehead atoms. The van der Waals surface area contributed by atoms with E-state index in [0.717, 1.165) is 36.2 Å². The van der Waals surface area contributed by atoms with E-state index in [4.69, 9.17) is 0 Å². The second-order valence-corrected chi connectivity index (χ2v) is 11.6. The molecule has 3 amide bonds. The number of benzene rings is 2. The first-order valence-electron chi connectivity index (χ1n) is 14.0. The molecule has 0 radical (unpaired) electrons. The quantitative estimate of drug-likeness (QED) is 0.620. The van der Waals surface area contributed by atoms with Crippen molar-refractivity contribution in [3.05, 3.63) is 71.3 Å². The molecule has 4 atom stereocenters. The maximum absolute atomic E-state index is 14.3. The molecule has 4 fully saturated rings. The average Bonchev–Trinajstić information content (AvgIpc) is 3.38. The summed E-state index contributed by atoms with van der Waals surface area (Å²) in [5.74, 6) is -1.04. The fourth-order valence-corrected chi connectivity index (χ4v) is 7.37. The van der Waals surface area contributed by atoms with Crippen LogP contribution in [0.5, 0.6) is 0 Å². The first-order valence-corrected chi connectivity index (χ1v) is 14.0. The number of aryl methyl sites for hydroxylation is 1. The minimum absolute atomic E-state index is 0.0247. The highest BCUT2D eigenvalue weighted by Crippen LogP contribution is 2.52. The van der Waals surface area contributed by atoms with Crippen LogP contribution in [-0.4, -0.2) is 46.1 Å². The van der Waals surface area contributed by atoms with Gasteiger partial charge in [0.2, 0.25) is 17.7 Å². The third kappa shape index (κ3) is 4.19. The molecule has 1 aliphatic carbocycles. The number of hydrogen-bond acceptors (Lipinski definition) is 4. The van der Waals surface area contributed by atoms with Crippen molar-refractivity contribution in [2.24, 2.45) is 17.8 Å². The molecule has 2 aromatic rings. The fraction of sp³-hybridized carbons (Fsp3) is 0.516. The normalized spacial score (nSPS) is 30.4. The summed E-state index contributed by atoms with van der Waals surface area (Å²) in [6.07, 6.45) is 7.53. The summed E-state index contributed by atoms with van der Waals surface area (Å²) in [4.78, 5) is 45.7. The lowest BCUT2D eigenvalue weighted by atomic mass is 9.74. The molecule has 1 N–H and O–H groups in total. The number of imide groups is 1. The highest BCUT2D eigenvalue weighted by Gasteiger charge is 2.69. The van der Waals surface area contributed by atoms with E-state index in [-0.39, 0.29) is 30.3 Å². The van der Waals surface area contributed by atoms with E-state index < -0.39 is 17.4 Å². The Kier molecular flexibility index (Phi) is 6.39. The molecule has 1 spiro atoms. The number of likely N-dealkylation sites (tertiary alicyclic amines) is 2. The fourth-order valence-electron chi connectivity index (χ4n) is 7.37. The van der Waals surface area contributed by atoms with E-state index in [0.29, 0.717) is 12.3 Å². The summed E-state index contributed by atoms with van der Waals surface area (Å²) in [7, 11) is 0. The molecular weight excluding hydrogens is 462 g/mol. The van der Waals surface area contributed by atoms with Crippen LogP contribution in [0.4, 0.5) is 0 Å². The van der Waals surface area contributed by atoms with Gasteiger partial charge in [0.25, 0.3) is 0 Å². The molecule has 0 unspecified atom stereocenters. The molecule has 0 aromatic heterocycles. The largest absolute Gasteiger partial charge is 0.341 e. The van der Waals surface area contributed by atoms with Gasteiger partial charge in [-0.05, 0) is 49.7 Å². The second-order valence-electron chi connectivity index (χ2n) is 11.6. The van der Waals surface area contributed by atoms with Crippen LogP contribution in [0.3, 0.4) is 0 Å². The van der Waals surface area contributed by atoms with E-state index in [1.807, 2.05) is 66.4 Å².